The van der Waals surface area contributed by atoms with Crippen LogP contribution in [0.5, 0.6) is 0 Å². The topological polar surface area (TPSA) is 55.1 Å². The molecule has 96 valence electrons. The fraction of sp³-hybridized carbons (Fsp3) is 0.462. The first-order valence-corrected chi connectivity index (χ1v) is 5.67. The average molecular weight is 257 g/mol. The summed E-state index contributed by atoms with van der Waals surface area (Å²) < 4.78 is 0. The van der Waals surface area contributed by atoms with Crippen molar-refractivity contribution in [2.45, 2.75) is 32.7 Å². The van der Waals surface area contributed by atoms with Gasteiger partial charge in [0, 0.05) is 19.0 Å². The van der Waals surface area contributed by atoms with Crippen LogP contribution in [-0.4, -0.2) is 18.5 Å². The fourth-order valence-corrected chi connectivity index (χ4v) is 1.53. The monoisotopic (exact) mass is 256 g/mol. The van der Waals surface area contributed by atoms with E-state index in [4.69, 9.17) is 5.73 Å². The van der Waals surface area contributed by atoms with Crippen molar-refractivity contribution in [3.63, 3.8) is 0 Å². The summed E-state index contributed by atoms with van der Waals surface area (Å²) in [5.74, 6) is 0.0689. The van der Waals surface area contributed by atoms with Crippen molar-refractivity contribution in [3.8, 4) is 0 Å². The Morgan fingerprint density at radius 2 is 2.18 bits per heavy atom. The molecule has 0 unspecified atom stereocenters. The van der Waals surface area contributed by atoms with Gasteiger partial charge in [-0.05, 0) is 25.8 Å². The van der Waals surface area contributed by atoms with Crippen LogP contribution in [-0.2, 0) is 11.2 Å². The number of nitrogens with two attached hydrogens (primary N) is 1. The van der Waals surface area contributed by atoms with E-state index >= 15 is 0 Å². The summed E-state index contributed by atoms with van der Waals surface area (Å²) in [5, 5.41) is 2.85. The molecule has 1 atom stereocenters. The first kappa shape index (κ1) is 15.9. The highest BCUT2D eigenvalue weighted by atomic mass is 35.5. The molecule has 0 saturated heterocycles. The molecule has 0 aromatic heterocycles. The van der Waals surface area contributed by atoms with E-state index in [1.807, 2.05) is 19.1 Å². The zero-order chi connectivity index (χ0) is 12.0. The maximum atomic E-state index is 11.5. The number of hydrogen-bond acceptors (Lipinski definition) is 2. The Morgan fingerprint density at radius 1 is 1.47 bits per heavy atom. The van der Waals surface area contributed by atoms with E-state index in [1.54, 1.807) is 0 Å². The van der Waals surface area contributed by atoms with Gasteiger partial charge in [-0.15, -0.1) is 12.4 Å². The number of hydrogen-bond donors (Lipinski definition) is 2. The fourth-order valence-electron chi connectivity index (χ4n) is 1.53. The molecule has 3 N–H and O–H groups in total. The van der Waals surface area contributed by atoms with Gasteiger partial charge in [-0.3, -0.25) is 4.79 Å². The lowest BCUT2D eigenvalue weighted by molar-refractivity contribution is -0.121. The summed E-state index contributed by atoms with van der Waals surface area (Å²) in [5.41, 5.74) is 7.87. The molecule has 0 saturated carbocycles. The van der Waals surface area contributed by atoms with Gasteiger partial charge in [0.15, 0.2) is 0 Å². The van der Waals surface area contributed by atoms with Crippen LogP contribution in [0, 0.1) is 6.92 Å². The molecule has 0 aliphatic rings. The lowest BCUT2D eigenvalue weighted by atomic mass is 10.1. The Balaban J connectivity index is 0.00000256. The van der Waals surface area contributed by atoms with E-state index in [9.17, 15) is 4.79 Å². The zero-order valence-electron chi connectivity index (χ0n) is 10.4. The highest BCUT2D eigenvalue weighted by molar-refractivity contribution is 5.85. The molecule has 0 radical (unpaired) electrons. The number of benzene rings is 1. The molecule has 1 amide bonds. The van der Waals surface area contributed by atoms with Crippen LogP contribution in [0.1, 0.15) is 24.5 Å². The maximum Gasteiger partial charge on any atom is 0.220 e. The highest BCUT2D eigenvalue weighted by Crippen LogP contribution is 2.06. The van der Waals surface area contributed by atoms with Crippen LogP contribution in [0.2, 0.25) is 0 Å². The van der Waals surface area contributed by atoms with E-state index in [2.05, 4.69) is 24.4 Å². The van der Waals surface area contributed by atoms with E-state index in [0.29, 0.717) is 13.0 Å². The average Bonchev–Trinajstić information content (AvgIpc) is 2.26. The molecule has 4 heteroatoms. The molecule has 1 rings (SSSR count). The number of aryl methyl sites for hydroxylation is 2. The molecule has 3 nitrogen and oxygen atoms in total. The summed E-state index contributed by atoms with van der Waals surface area (Å²) in [6.45, 7) is 4.45. The second-order valence-electron chi connectivity index (χ2n) is 4.19. The third-order valence-corrected chi connectivity index (χ3v) is 2.48. The van der Waals surface area contributed by atoms with Gasteiger partial charge in [-0.25, -0.2) is 0 Å². The van der Waals surface area contributed by atoms with Crippen LogP contribution in [0.15, 0.2) is 24.3 Å². The van der Waals surface area contributed by atoms with Gasteiger partial charge >= 0.3 is 0 Å². The molecule has 0 bridgehead atoms. The number of halogens is 1. The van der Waals surface area contributed by atoms with Gasteiger partial charge in [0.05, 0.1) is 0 Å². The molecular weight excluding hydrogens is 236 g/mol. The first-order valence-electron chi connectivity index (χ1n) is 5.67. The van der Waals surface area contributed by atoms with E-state index < -0.39 is 0 Å². The van der Waals surface area contributed by atoms with Crippen molar-refractivity contribution < 1.29 is 4.79 Å². The van der Waals surface area contributed by atoms with Gasteiger partial charge in [-0.2, -0.15) is 0 Å². The predicted octanol–water partition coefficient (Wildman–Crippen LogP) is 1.81. The highest BCUT2D eigenvalue weighted by Gasteiger charge is 2.05. The van der Waals surface area contributed by atoms with Crippen LogP contribution >= 0.6 is 12.4 Å². The summed E-state index contributed by atoms with van der Waals surface area (Å²) in [4.78, 5) is 11.5. The second kappa shape index (κ2) is 8.09. The lowest BCUT2D eigenvalue weighted by Crippen LogP contribution is -2.37. The summed E-state index contributed by atoms with van der Waals surface area (Å²) in [6.07, 6.45) is 1.30. The minimum Gasteiger partial charge on any atom is -0.352 e. The van der Waals surface area contributed by atoms with Crippen molar-refractivity contribution >= 4 is 18.3 Å². The molecule has 17 heavy (non-hydrogen) atoms. The Kier molecular flexibility index (Phi) is 7.59. The Hall–Kier alpha value is -1.06. The molecule has 1 aromatic rings. The largest absolute Gasteiger partial charge is 0.352 e. The minimum atomic E-state index is 0. The summed E-state index contributed by atoms with van der Waals surface area (Å²) in [7, 11) is 0. The lowest BCUT2D eigenvalue weighted by Gasteiger charge is -2.11. The number of nitrogens with one attached hydrogen (secondary N) is 1. The van der Waals surface area contributed by atoms with Gasteiger partial charge in [-0.1, -0.05) is 29.8 Å². The summed E-state index contributed by atoms with van der Waals surface area (Å²) in [6, 6.07) is 8.29. The van der Waals surface area contributed by atoms with Gasteiger partial charge in [0.1, 0.15) is 0 Å². The smallest absolute Gasteiger partial charge is 0.220 e. The zero-order valence-corrected chi connectivity index (χ0v) is 11.2. The molecule has 0 aliphatic carbocycles. The van der Waals surface area contributed by atoms with Crippen molar-refractivity contribution in [3.05, 3.63) is 35.4 Å². The molecular formula is C13H21ClN2O. The third kappa shape index (κ3) is 6.29. The van der Waals surface area contributed by atoms with E-state index in [1.165, 1.54) is 11.1 Å². The molecule has 0 heterocycles. The normalized spacial score (nSPS) is 11.5. The molecule has 0 aliphatic heterocycles. The van der Waals surface area contributed by atoms with Gasteiger partial charge in [0.25, 0.3) is 0 Å². The number of rotatable bonds is 5. The van der Waals surface area contributed by atoms with Gasteiger partial charge in [0.2, 0.25) is 5.91 Å². The van der Waals surface area contributed by atoms with E-state index in [-0.39, 0.29) is 24.4 Å². The number of amides is 1. The summed E-state index contributed by atoms with van der Waals surface area (Å²) >= 11 is 0. The maximum absolute atomic E-state index is 11.5. The number of carbonyl (C=O) groups is 1. The Labute approximate surface area is 109 Å². The van der Waals surface area contributed by atoms with Crippen LogP contribution in [0.3, 0.4) is 0 Å². The molecule has 0 spiro atoms. The van der Waals surface area contributed by atoms with E-state index in [0.717, 1.165) is 6.42 Å². The second-order valence-corrected chi connectivity index (χ2v) is 4.19. The van der Waals surface area contributed by atoms with Crippen molar-refractivity contribution in [1.82, 2.24) is 5.32 Å². The van der Waals surface area contributed by atoms with Crippen LogP contribution in [0.4, 0.5) is 0 Å². The standard InChI is InChI=1S/C13H20N2O.ClH/c1-10-4-3-5-12(8-10)6-7-13(16)15-11(2)9-14;/h3-5,8,11H,6-7,9,14H2,1-2H3,(H,15,16);1H/t11-;/m0./s1. The quantitative estimate of drug-likeness (QED) is 0.844. The SMILES string of the molecule is Cc1cccc(CCC(=O)N[C@@H](C)CN)c1.Cl. The first-order chi connectivity index (χ1) is 7.61. The van der Waals surface area contributed by atoms with Gasteiger partial charge < -0.3 is 11.1 Å². The minimum absolute atomic E-state index is 0. The third-order valence-electron chi connectivity index (χ3n) is 2.48. The predicted molar refractivity (Wildman–Crippen MR) is 73.4 cm³/mol. The van der Waals surface area contributed by atoms with Crippen LogP contribution in [0.25, 0.3) is 0 Å². The van der Waals surface area contributed by atoms with Crippen molar-refractivity contribution in [2.75, 3.05) is 6.54 Å². The molecule has 0 fully saturated rings. The Bertz CT molecular complexity index is 355. The van der Waals surface area contributed by atoms with Crippen molar-refractivity contribution in [1.29, 1.82) is 0 Å². The van der Waals surface area contributed by atoms with Crippen LogP contribution < -0.4 is 11.1 Å². The number of carbonyl (C=O) groups excluding carboxylic acids is 1. The Morgan fingerprint density at radius 3 is 2.76 bits per heavy atom. The molecule has 1 aromatic carbocycles. The van der Waals surface area contributed by atoms with Crippen molar-refractivity contribution in [2.24, 2.45) is 5.73 Å².